The van der Waals surface area contributed by atoms with E-state index in [-0.39, 0.29) is 23.4 Å². The quantitative estimate of drug-likeness (QED) is 0.562. The first-order valence-electron chi connectivity index (χ1n) is 10.1. The lowest BCUT2D eigenvalue weighted by Crippen LogP contribution is -2.44. The first-order valence-corrected chi connectivity index (χ1v) is 10.1. The van der Waals surface area contributed by atoms with Crippen LogP contribution in [-0.4, -0.2) is 36.1 Å². The van der Waals surface area contributed by atoms with Gasteiger partial charge in [0.2, 0.25) is 0 Å². The molecule has 1 saturated carbocycles. The highest BCUT2D eigenvalue weighted by Gasteiger charge is 2.52. The van der Waals surface area contributed by atoms with Crippen molar-refractivity contribution in [3.8, 4) is 0 Å². The van der Waals surface area contributed by atoms with E-state index in [9.17, 15) is 4.79 Å². The average molecular weight is 332 g/mol. The smallest absolute Gasteiger partial charge is 0.311 e. The van der Waals surface area contributed by atoms with Crippen molar-refractivity contribution in [2.75, 3.05) is 13.1 Å². The Kier molecular flexibility index (Phi) is 4.27. The molecule has 3 heteroatoms. The number of piperidine rings is 1. The van der Waals surface area contributed by atoms with E-state index in [0.717, 1.165) is 19.5 Å². The van der Waals surface area contributed by atoms with E-state index in [0.29, 0.717) is 17.9 Å². The number of nitrogens with zero attached hydrogens (tertiary/aromatic N) is 1. The van der Waals surface area contributed by atoms with Crippen LogP contribution in [0.3, 0.4) is 0 Å². The molecule has 0 amide bonds. The van der Waals surface area contributed by atoms with E-state index in [4.69, 9.17) is 4.74 Å². The van der Waals surface area contributed by atoms with Crippen LogP contribution in [0.1, 0.15) is 65.7 Å². The van der Waals surface area contributed by atoms with Crippen LogP contribution in [-0.2, 0) is 9.53 Å². The Bertz CT molecular complexity index is 542. The lowest BCUT2D eigenvalue weighted by atomic mass is 9.59. The molecular weight excluding hydrogens is 298 g/mol. The number of carbonyl (C=O) groups is 1. The number of fused-ring (bicyclic) bond motifs is 2. The zero-order valence-corrected chi connectivity index (χ0v) is 15.6. The molecule has 2 heterocycles. The third kappa shape index (κ3) is 2.73. The van der Waals surface area contributed by atoms with Crippen LogP contribution in [0, 0.1) is 23.2 Å². The summed E-state index contributed by atoms with van der Waals surface area (Å²) in [7, 11) is 0. The minimum absolute atomic E-state index is 0.0572. The molecule has 0 spiro atoms. The van der Waals surface area contributed by atoms with Gasteiger partial charge in [-0.15, -0.1) is 0 Å². The zero-order chi connectivity index (χ0) is 16.9. The molecule has 0 N–H and O–H groups in total. The summed E-state index contributed by atoms with van der Waals surface area (Å²) in [5.41, 5.74) is 1.90. The molecule has 6 unspecified atom stereocenters. The van der Waals surface area contributed by atoms with Gasteiger partial charge in [-0.2, -0.15) is 0 Å². The highest BCUT2D eigenvalue weighted by atomic mass is 16.6. The molecule has 4 aliphatic rings. The van der Waals surface area contributed by atoms with E-state index in [1.165, 1.54) is 38.5 Å². The third-order valence-electron chi connectivity index (χ3n) is 7.45. The lowest BCUT2D eigenvalue weighted by molar-refractivity contribution is -0.145. The highest BCUT2D eigenvalue weighted by Crippen LogP contribution is 2.54. The number of ether oxygens (including phenoxy) is 1. The number of allylic oxidation sites excluding steroid dienone is 1. The maximum Gasteiger partial charge on any atom is 0.311 e. The Morgan fingerprint density at radius 1 is 1.25 bits per heavy atom. The number of hydrogen-bond donors (Lipinski definition) is 0. The molecular formula is C21H33NO2. The number of carbonyl (C=O) groups excluding carboxylic acids is 1. The first-order chi connectivity index (χ1) is 11.5. The summed E-state index contributed by atoms with van der Waals surface area (Å²) in [4.78, 5) is 15.2. The molecule has 0 aromatic carbocycles. The summed E-state index contributed by atoms with van der Waals surface area (Å²) in [5, 5.41) is 0. The van der Waals surface area contributed by atoms with Gasteiger partial charge in [0, 0.05) is 18.5 Å². The van der Waals surface area contributed by atoms with Crippen molar-refractivity contribution < 1.29 is 9.53 Å². The Morgan fingerprint density at radius 2 is 2.08 bits per heavy atom. The maximum absolute atomic E-state index is 12.6. The highest BCUT2D eigenvalue weighted by molar-refractivity contribution is 5.76. The van der Waals surface area contributed by atoms with Crippen LogP contribution in [0.15, 0.2) is 11.6 Å². The van der Waals surface area contributed by atoms with Gasteiger partial charge in [0.05, 0.1) is 5.92 Å². The predicted octanol–water partition coefficient (Wildman–Crippen LogP) is 4.18. The third-order valence-corrected chi connectivity index (χ3v) is 7.45. The second kappa shape index (κ2) is 6.16. The summed E-state index contributed by atoms with van der Waals surface area (Å²) in [6.07, 6.45) is 11.4. The van der Waals surface area contributed by atoms with Crippen molar-refractivity contribution in [2.24, 2.45) is 23.2 Å². The summed E-state index contributed by atoms with van der Waals surface area (Å²) in [6.45, 7) is 9.14. The molecule has 0 aromatic heterocycles. The second-order valence-electron chi connectivity index (χ2n) is 9.18. The van der Waals surface area contributed by atoms with E-state index in [1.54, 1.807) is 5.57 Å². The molecule has 3 fully saturated rings. The monoisotopic (exact) mass is 331 g/mol. The number of esters is 1. The van der Waals surface area contributed by atoms with Crippen molar-refractivity contribution in [1.29, 1.82) is 0 Å². The molecule has 0 bridgehead atoms. The molecule has 3 nitrogen and oxygen atoms in total. The van der Waals surface area contributed by atoms with Crippen molar-refractivity contribution in [3.63, 3.8) is 0 Å². The average Bonchev–Trinajstić information content (AvgIpc) is 2.82. The van der Waals surface area contributed by atoms with Gasteiger partial charge >= 0.3 is 5.97 Å². The molecule has 0 radical (unpaired) electrons. The molecule has 2 aliphatic carbocycles. The number of likely N-dealkylation sites (tertiary alicyclic amines) is 1. The van der Waals surface area contributed by atoms with Gasteiger partial charge in [-0.3, -0.25) is 9.69 Å². The van der Waals surface area contributed by atoms with Gasteiger partial charge in [0.25, 0.3) is 0 Å². The Balaban J connectivity index is 1.57. The van der Waals surface area contributed by atoms with Gasteiger partial charge in [-0.25, -0.2) is 0 Å². The minimum Gasteiger partial charge on any atom is -0.461 e. The topological polar surface area (TPSA) is 29.5 Å². The largest absolute Gasteiger partial charge is 0.461 e. The lowest BCUT2D eigenvalue weighted by Gasteiger charge is -2.46. The Hall–Kier alpha value is -0.830. The van der Waals surface area contributed by atoms with Crippen LogP contribution < -0.4 is 0 Å². The molecule has 4 rings (SSSR count). The first kappa shape index (κ1) is 16.6. The fourth-order valence-electron chi connectivity index (χ4n) is 5.94. The molecule has 2 saturated heterocycles. The maximum atomic E-state index is 12.6. The predicted molar refractivity (Wildman–Crippen MR) is 95.6 cm³/mol. The van der Waals surface area contributed by atoms with Crippen molar-refractivity contribution in [2.45, 2.75) is 77.9 Å². The summed E-state index contributed by atoms with van der Waals surface area (Å²) in [6, 6.07) is 0.612. The van der Waals surface area contributed by atoms with E-state index >= 15 is 0 Å². The van der Waals surface area contributed by atoms with Crippen molar-refractivity contribution in [1.82, 2.24) is 4.90 Å². The van der Waals surface area contributed by atoms with Gasteiger partial charge in [0.15, 0.2) is 0 Å². The fraction of sp³-hybridized carbons (Fsp3) is 0.857. The summed E-state index contributed by atoms with van der Waals surface area (Å²) < 4.78 is 5.89. The van der Waals surface area contributed by atoms with Crippen LogP contribution >= 0.6 is 0 Å². The molecule has 24 heavy (non-hydrogen) atoms. The number of hydrogen-bond acceptors (Lipinski definition) is 3. The SMILES string of the molecule is CC1CCCC2(C)CC3OC(=O)C(CN4CCCCC4C)C3C=C12. The van der Waals surface area contributed by atoms with Crippen LogP contribution in [0.25, 0.3) is 0 Å². The Morgan fingerprint density at radius 3 is 2.88 bits per heavy atom. The van der Waals surface area contributed by atoms with Gasteiger partial charge in [-0.1, -0.05) is 38.3 Å². The molecule has 6 atom stereocenters. The van der Waals surface area contributed by atoms with Gasteiger partial charge in [-0.05, 0) is 56.9 Å². The van der Waals surface area contributed by atoms with Crippen LogP contribution in [0.5, 0.6) is 0 Å². The fourth-order valence-corrected chi connectivity index (χ4v) is 5.94. The standard InChI is InChI=1S/C21H33NO2/c1-14-7-6-9-21(3)12-19-16(11-18(14)21)17(20(23)24-19)13-22-10-5-4-8-15(22)2/h11,14-17,19H,4-10,12-13H2,1-3H3. The van der Waals surface area contributed by atoms with E-state index in [1.807, 2.05) is 0 Å². The van der Waals surface area contributed by atoms with Crippen molar-refractivity contribution in [3.05, 3.63) is 11.6 Å². The van der Waals surface area contributed by atoms with Crippen LogP contribution in [0.2, 0.25) is 0 Å². The van der Waals surface area contributed by atoms with Crippen LogP contribution in [0.4, 0.5) is 0 Å². The Labute approximate surface area is 146 Å². The molecule has 134 valence electrons. The van der Waals surface area contributed by atoms with E-state index in [2.05, 4.69) is 31.7 Å². The molecule has 0 aromatic rings. The molecule has 2 aliphatic heterocycles. The van der Waals surface area contributed by atoms with Crippen molar-refractivity contribution >= 4 is 5.97 Å². The van der Waals surface area contributed by atoms with Gasteiger partial charge < -0.3 is 4.74 Å². The number of rotatable bonds is 2. The normalized spacial score (nSPS) is 46.0. The second-order valence-corrected chi connectivity index (χ2v) is 9.18. The zero-order valence-electron chi connectivity index (χ0n) is 15.6. The summed E-state index contributed by atoms with van der Waals surface area (Å²) >= 11 is 0. The summed E-state index contributed by atoms with van der Waals surface area (Å²) in [5.74, 6) is 1.11. The minimum atomic E-state index is 0.0572. The van der Waals surface area contributed by atoms with E-state index < -0.39 is 0 Å². The van der Waals surface area contributed by atoms with Gasteiger partial charge in [0.1, 0.15) is 6.10 Å².